The summed E-state index contributed by atoms with van der Waals surface area (Å²) in [6.07, 6.45) is 6.54. The SMILES string of the molecule is C=C(C)/C=C/c1ccc(/C(=C(/CC)c2ccc(F)cc2Cl)c2ccc(N)c(C=NCC)c2)cc1. The lowest BCUT2D eigenvalue weighted by molar-refractivity contribution is 0.628. The Morgan fingerprint density at radius 3 is 2.35 bits per heavy atom. The minimum Gasteiger partial charge on any atom is -0.398 e. The van der Waals surface area contributed by atoms with Crippen molar-refractivity contribution in [1.82, 2.24) is 0 Å². The highest BCUT2D eigenvalue weighted by atomic mass is 35.5. The van der Waals surface area contributed by atoms with E-state index < -0.39 is 0 Å². The molecule has 0 unspecified atom stereocenters. The topological polar surface area (TPSA) is 38.4 Å². The van der Waals surface area contributed by atoms with Gasteiger partial charge in [-0.15, -0.1) is 0 Å². The minimum absolute atomic E-state index is 0.357. The number of nitrogens with zero attached hydrogens (tertiary/aromatic N) is 1. The van der Waals surface area contributed by atoms with Crippen molar-refractivity contribution in [3.05, 3.63) is 118 Å². The normalized spacial score (nSPS) is 12.4. The van der Waals surface area contributed by atoms with E-state index in [-0.39, 0.29) is 5.82 Å². The molecule has 0 aromatic heterocycles. The summed E-state index contributed by atoms with van der Waals surface area (Å²) in [5.74, 6) is -0.357. The summed E-state index contributed by atoms with van der Waals surface area (Å²) in [6.45, 7) is 10.6. The number of halogens is 2. The monoisotopic (exact) mass is 472 g/mol. The van der Waals surface area contributed by atoms with Crippen LogP contribution in [0.15, 0.2) is 83.9 Å². The fourth-order valence-electron chi connectivity index (χ4n) is 3.78. The van der Waals surface area contributed by atoms with Gasteiger partial charge in [0.05, 0.1) is 5.02 Å². The van der Waals surface area contributed by atoms with Crippen LogP contribution < -0.4 is 5.73 Å². The molecule has 3 rings (SSSR count). The Morgan fingerprint density at radius 1 is 1.03 bits per heavy atom. The third-order valence-corrected chi connectivity index (χ3v) is 5.77. The van der Waals surface area contributed by atoms with Crippen molar-refractivity contribution in [3.8, 4) is 0 Å². The van der Waals surface area contributed by atoms with Crippen LogP contribution in [0.5, 0.6) is 0 Å². The van der Waals surface area contributed by atoms with Crippen LogP contribution in [-0.4, -0.2) is 12.8 Å². The number of hydrogen-bond acceptors (Lipinski definition) is 2. The Bertz CT molecular complexity index is 1270. The Morgan fingerprint density at radius 2 is 1.74 bits per heavy atom. The van der Waals surface area contributed by atoms with Gasteiger partial charge in [-0.25, -0.2) is 4.39 Å². The average molecular weight is 473 g/mol. The molecular weight excluding hydrogens is 443 g/mol. The summed E-state index contributed by atoms with van der Waals surface area (Å²) in [5.41, 5.74) is 14.7. The van der Waals surface area contributed by atoms with E-state index in [1.165, 1.54) is 12.1 Å². The van der Waals surface area contributed by atoms with Gasteiger partial charge in [-0.3, -0.25) is 4.99 Å². The van der Waals surface area contributed by atoms with Crippen molar-refractivity contribution in [1.29, 1.82) is 0 Å². The maximum absolute atomic E-state index is 13.8. The maximum Gasteiger partial charge on any atom is 0.124 e. The van der Waals surface area contributed by atoms with Crippen molar-refractivity contribution in [3.63, 3.8) is 0 Å². The molecule has 174 valence electrons. The summed E-state index contributed by atoms with van der Waals surface area (Å²) in [7, 11) is 0. The van der Waals surface area contributed by atoms with E-state index in [4.69, 9.17) is 17.3 Å². The first-order valence-corrected chi connectivity index (χ1v) is 11.7. The van der Waals surface area contributed by atoms with Gasteiger partial charge in [0.2, 0.25) is 0 Å². The van der Waals surface area contributed by atoms with E-state index in [2.05, 4.69) is 42.8 Å². The average Bonchev–Trinajstić information content (AvgIpc) is 2.82. The zero-order valence-corrected chi connectivity index (χ0v) is 20.7. The van der Waals surface area contributed by atoms with Crippen molar-refractivity contribution >= 4 is 40.7 Å². The molecule has 0 radical (unpaired) electrons. The Hall–Kier alpha value is -3.43. The van der Waals surface area contributed by atoms with Gasteiger partial charge in [0.1, 0.15) is 5.82 Å². The summed E-state index contributed by atoms with van der Waals surface area (Å²) >= 11 is 6.51. The molecule has 34 heavy (non-hydrogen) atoms. The number of nitrogens with two attached hydrogens (primary N) is 1. The molecule has 0 aliphatic carbocycles. The lowest BCUT2D eigenvalue weighted by atomic mass is 9.87. The van der Waals surface area contributed by atoms with E-state index in [1.54, 1.807) is 12.3 Å². The predicted octanol–water partition coefficient (Wildman–Crippen LogP) is 8.46. The molecule has 0 saturated carbocycles. The Balaban J connectivity index is 2.27. The molecule has 0 atom stereocenters. The lowest BCUT2D eigenvalue weighted by Crippen LogP contribution is -2.00. The summed E-state index contributed by atoms with van der Waals surface area (Å²) < 4.78 is 13.8. The van der Waals surface area contributed by atoms with Gasteiger partial charge in [-0.05, 0) is 77.9 Å². The molecule has 0 saturated heterocycles. The van der Waals surface area contributed by atoms with Crippen LogP contribution in [0.1, 0.15) is 55.0 Å². The number of allylic oxidation sites excluding steroid dienone is 3. The molecule has 0 aliphatic rings. The molecule has 0 heterocycles. The van der Waals surface area contributed by atoms with Crippen LogP contribution in [0.2, 0.25) is 5.02 Å². The number of nitrogen functional groups attached to an aromatic ring is 1. The van der Waals surface area contributed by atoms with Gasteiger partial charge in [-0.2, -0.15) is 0 Å². The van der Waals surface area contributed by atoms with E-state index in [0.29, 0.717) is 23.7 Å². The first-order chi connectivity index (χ1) is 16.3. The largest absolute Gasteiger partial charge is 0.398 e. The highest BCUT2D eigenvalue weighted by molar-refractivity contribution is 6.32. The van der Waals surface area contributed by atoms with Crippen LogP contribution in [-0.2, 0) is 0 Å². The Labute approximate surface area is 207 Å². The number of benzene rings is 3. The Kier molecular flexibility index (Phi) is 8.61. The second-order valence-corrected chi connectivity index (χ2v) is 8.51. The van der Waals surface area contributed by atoms with Gasteiger partial charge >= 0.3 is 0 Å². The van der Waals surface area contributed by atoms with Gasteiger partial charge in [0, 0.05) is 24.0 Å². The molecule has 0 aliphatic heterocycles. The van der Waals surface area contributed by atoms with Crippen LogP contribution in [0.4, 0.5) is 10.1 Å². The smallest absolute Gasteiger partial charge is 0.124 e. The number of aliphatic imine (C=N–C) groups is 1. The minimum atomic E-state index is -0.357. The quantitative estimate of drug-likeness (QED) is 0.152. The second kappa shape index (κ2) is 11.6. The zero-order valence-electron chi connectivity index (χ0n) is 19.9. The van der Waals surface area contributed by atoms with E-state index >= 15 is 0 Å². The first-order valence-electron chi connectivity index (χ1n) is 11.4. The van der Waals surface area contributed by atoms with Gasteiger partial charge in [0.25, 0.3) is 0 Å². The molecule has 4 heteroatoms. The maximum atomic E-state index is 13.8. The summed E-state index contributed by atoms with van der Waals surface area (Å²) in [4.78, 5) is 4.37. The molecule has 0 spiro atoms. The van der Waals surface area contributed by atoms with Crippen molar-refractivity contribution in [2.24, 2.45) is 4.99 Å². The third kappa shape index (κ3) is 6.12. The third-order valence-electron chi connectivity index (χ3n) is 5.46. The second-order valence-electron chi connectivity index (χ2n) is 8.10. The molecule has 0 amide bonds. The highest BCUT2D eigenvalue weighted by Crippen LogP contribution is 2.38. The number of rotatable bonds is 8. The standard InChI is InChI=1S/C30H30ClFN2/c1-5-26(27-15-14-25(32)18-28(27)31)30(22-11-9-21(10-12-22)8-7-20(3)4)23-13-16-29(33)24(17-23)19-34-6-2/h7-19H,3,5-6,33H2,1-2,4H3/b8-7+,30-26+,34-19?. The first kappa shape index (κ1) is 25.2. The predicted molar refractivity (Wildman–Crippen MR) is 147 cm³/mol. The van der Waals surface area contributed by atoms with Crippen LogP contribution in [0.25, 0.3) is 17.2 Å². The summed E-state index contributed by atoms with van der Waals surface area (Å²) in [5, 5.41) is 0.388. The molecule has 3 aromatic carbocycles. The van der Waals surface area contributed by atoms with Gasteiger partial charge < -0.3 is 5.73 Å². The van der Waals surface area contributed by atoms with Crippen molar-refractivity contribution in [2.45, 2.75) is 27.2 Å². The zero-order chi connectivity index (χ0) is 24.7. The van der Waals surface area contributed by atoms with Crippen molar-refractivity contribution < 1.29 is 4.39 Å². The molecule has 2 N–H and O–H groups in total. The number of anilines is 1. The van der Waals surface area contributed by atoms with E-state index in [1.807, 2.05) is 44.2 Å². The fraction of sp³-hybridized carbons (Fsp3) is 0.167. The van der Waals surface area contributed by atoms with Crippen LogP contribution >= 0.6 is 11.6 Å². The van der Waals surface area contributed by atoms with E-state index in [0.717, 1.165) is 44.5 Å². The molecule has 3 aromatic rings. The van der Waals surface area contributed by atoms with Gasteiger partial charge in [-0.1, -0.05) is 79.2 Å². The lowest BCUT2D eigenvalue weighted by Gasteiger charge is -2.18. The fourth-order valence-corrected chi connectivity index (χ4v) is 4.06. The molecule has 0 fully saturated rings. The van der Waals surface area contributed by atoms with Crippen LogP contribution in [0, 0.1) is 5.82 Å². The molecule has 0 bridgehead atoms. The van der Waals surface area contributed by atoms with Crippen molar-refractivity contribution in [2.75, 3.05) is 12.3 Å². The highest BCUT2D eigenvalue weighted by Gasteiger charge is 2.16. The van der Waals surface area contributed by atoms with Gasteiger partial charge in [0.15, 0.2) is 0 Å². The van der Waals surface area contributed by atoms with Crippen LogP contribution in [0.3, 0.4) is 0 Å². The number of hydrogen-bond donors (Lipinski definition) is 1. The van der Waals surface area contributed by atoms with E-state index in [9.17, 15) is 4.39 Å². The summed E-state index contributed by atoms with van der Waals surface area (Å²) in [6, 6.07) is 18.8. The molecule has 2 nitrogen and oxygen atoms in total. The molecular formula is C30H30ClFN2.